The van der Waals surface area contributed by atoms with Crippen molar-refractivity contribution in [1.82, 2.24) is 14.8 Å². The number of ether oxygens (including phenoxy) is 1. The third kappa shape index (κ3) is 2.60. The van der Waals surface area contributed by atoms with Gasteiger partial charge in [-0.2, -0.15) is 0 Å². The van der Waals surface area contributed by atoms with Crippen molar-refractivity contribution in [3.05, 3.63) is 24.0 Å². The first-order chi connectivity index (χ1) is 9.65. The zero-order chi connectivity index (χ0) is 14.1. The number of hydrogen-bond acceptors (Lipinski definition) is 3. The second kappa shape index (κ2) is 5.58. The predicted octanol–water partition coefficient (Wildman–Crippen LogP) is 1.05. The maximum absolute atomic E-state index is 12.4. The zero-order valence-electron chi connectivity index (χ0n) is 12.2. The van der Waals surface area contributed by atoms with E-state index in [1.54, 1.807) is 6.20 Å². The molecule has 0 saturated carbocycles. The average Bonchev–Trinajstić information content (AvgIpc) is 3.07. The molecule has 3 heterocycles. The number of amides is 1. The molecule has 0 aliphatic carbocycles. The Morgan fingerprint density at radius 2 is 2.40 bits per heavy atom. The van der Waals surface area contributed by atoms with Gasteiger partial charge in [0.15, 0.2) is 0 Å². The molecule has 5 nitrogen and oxygen atoms in total. The molecule has 3 rings (SSSR count). The normalized spacial score (nSPS) is 29.8. The number of carbonyl (C=O) groups excluding carboxylic acids is 1. The second-order valence-corrected chi connectivity index (χ2v) is 6.18. The lowest BCUT2D eigenvalue weighted by molar-refractivity contribution is 0.0468. The van der Waals surface area contributed by atoms with Crippen molar-refractivity contribution in [2.75, 3.05) is 40.3 Å². The number of aromatic nitrogens is 1. The molecule has 1 amide bonds. The Labute approximate surface area is 119 Å². The summed E-state index contributed by atoms with van der Waals surface area (Å²) >= 11 is 0. The summed E-state index contributed by atoms with van der Waals surface area (Å²) in [5.74, 6) is 1.21. The van der Waals surface area contributed by atoms with E-state index >= 15 is 0 Å². The first-order valence-corrected chi connectivity index (χ1v) is 7.34. The van der Waals surface area contributed by atoms with E-state index in [4.69, 9.17) is 4.74 Å². The van der Waals surface area contributed by atoms with Crippen molar-refractivity contribution in [3.63, 3.8) is 0 Å². The van der Waals surface area contributed by atoms with Crippen molar-refractivity contribution in [2.24, 2.45) is 11.8 Å². The maximum atomic E-state index is 12.4. The lowest BCUT2D eigenvalue weighted by Crippen LogP contribution is -2.47. The molecule has 0 unspecified atom stereocenters. The van der Waals surface area contributed by atoms with Crippen LogP contribution in [0.4, 0.5) is 0 Å². The number of nitrogens with one attached hydrogen (secondary N) is 1. The summed E-state index contributed by atoms with van der Waals surface area (Å²) in [5, 5.41) is 0. The van der Waals surface area contributed by atoms with Gasteiger partial charge in [0.05, 0.1) is 12.7 Å². The fourth-order valence-electron chi connectivity index (χ4n) is 3.40. The molecule has 0 radical (unpaired) electrons. The lowest BCUT2D eigenvalue weighted by Gasteiger charge is -2.36. The van der Waals surface area contributed by atoms with Gasteiger partial charge in [0.25, 0.3) is 5.91 Å². The number of fused-ring (bicyclic) bond motifs is 1. The van der Waals surface area contributed by atoms with E-state index in [1.807, 2.05) is 17.0 Å². The highest BCUT2D eigenvalue weighted by Crippen LogP contribution is 2.34. The van der Waals surface area contributed by atoms with Crippen molar-refractivity contribution in [2.45, 2.75) is 12.5 Å². The molecule has 110 valence electrons. The first kappa shape index (κ1) is 13.6. The van der Waals surface area contributed by atoms with Gasteiger partial charge in [0.2, 0.25) is 0 Å². The van der Waals surface area contributed by atoms with Crippen LogP contribution in [0, 0.1) is 11.8 Å². The molecule has 20 heavy (non-hydrogen) atoms. The van der Waals surface area contributed by atoms with Gasteiger partial charge in [-0.15, -0.1) is 0 Å². The molecule has 3 atom stereocenters. The van der Waals surface area contributed by atoms with E-state index in [-0.39, 0.29) is 12.0 Å². The molecular formula is C15H23N3O2. The van der Waals surface area contributed by atoms with Crippen molar-refractivity contribution < 1.29 is 9.53 Å². The molecule has 0 spiro atoms. The number of hydrogen-bond donors (Lipinski definition) is 1. The first-order valence-electron chi connectivity index (χ1n) is 7.34. The minimum atomic E-state index is 0.115. The Balaban J connectivity index is 1.67. The molecule has 0 bridgehead atoms. The highest BCUT2D eigenvalue weighted by molar-refractivity contribution is 5.92. The summed E-state index contributed by atoms with van der Waals surface area (Å²) in [7, 11) is 4.14. The highest BCUT2D eigenvalue weighted by Gasteiger charge is 2.42. The summed E-state index contributed by atoms with van der Waals surface area (Å²) in [6, 6.07) is 3.71. The fraction of sp³-hybridized carbons (Fsp3) is 0.667. The molecule has 2 aliphatic heterocycles. The van der Waals surface area contributed by atoms with Gasteiger partial charge in [-0.05, 0) is 38.6 Å². The van der Waals surface area contributed by atoms with E-state index in [0.717, 1.165) is 32.7 Å². The molecule has 1 N–H and O–H groups in total. The van der Waals surface area contributed by atoms with Crippen LogP contribution in [0.3, 0.4) is 0 Å². The van der Waals surface area contributed by atoms with Gasteiger partial charge >= 0.3 is 0 Å². The van der Waals surface area contributed by atoms with Crippen LogP contribution < -0.4 is 0 Å². The largest absolute Gasteiger partial charge is 0.376 e. The number of likely N-dealkylation sites (N-methyl/N-ethyl adjacent to an activating group) is 1. The van der Waals surface area contributed by atoms with Crippen LogP contribution >= 0.6 is 0 Å². The average molecular weight is 277 g/mol. The van der Waals surface area contributed by atoms with E-state index in [9.17, 15) is 4.79 Å². The lowest BCUT2D eigenvalue weighted by atomic mass is 9.84. The van der Waals surface area contributed by atoms with E-state index in [0.29, 0.717) is 17.5 Å². The van der Waals surface area contributed by atoms with Gasteiger partial charge in [-0.1, -0.05) is 0 Å². The van der Waals surface area contributed by atoms with Crippen LogP contribution in [0.1, 0.15) is 16.9 Å². The van der Waals surface area contributed by atoms with Crippen LogP contribution in [0.25, 0.3) is 0 Å². The Morgan fingerprint density at radius 3 is 3.10 bits per heavy atom. The van der Waals surface area contributed by atoms with Crippen LogP contribution in [0.2, 0.25) is 0 Å². The number of likely N-dealkylation sites (tertiary alicyclic amines) is 1. The standard InChI is InChI=1S/C15H23N3O2/c1-17(2)9-14-12-8-18(7-5-11(12)10-20-14)15(19)13-4-3-6-16-13/h3-4,6,11-12,14,16H,5,7-10H2,1-2H3/t11-,12-,14+/m0/s1. The number of piperidine rings is 1. The van der Waals surface area contributed by atoms with Gasteiger partial charge in [-0.25, -0.2) is 0 Å². The molecule has 2 aliphatic rings. The Kier molecular flexibility index (Phi) is 3.81. The van der Waals surface area contributed by atoms with Crippen LogP contribution in [-0.2, 0) is 4.74 Å². The second-order valence-electron chi connectivity index (χ2n) is 6.18. The van der Waals surface area contributed by atoms with Crippen molar-refractivity contribution in [1.29, 1.82) is 0 Å². The SMILES string of the molecule is CN(C)C[C@H]1OC[C@@H]2CCN(C(=O)c3ccc[nH]3)C[C@@H]21. The summed E-state index contributed by atoms with van der Waals surface area (Å²) in [6.07, 6.45) is 3.11. The third-order valence-electron chi connectivity index (χ3n) is 4.47. The molecule has 2 fully saturated rings. The van der Waals surface area contributed by atoms with Crippen LogP contribution in [-0.4, -0.2) is 67.1 Å². The van der Waals surface area contributed by atoms with Gasteiger partial charge < -0.3 is 19.5 Å². The molecule has 0 aromatic carbocycles. The molecule has 1 aromatic rings. The van der Waals surface area contributed by atoms with E-state index in [1.165, 1.54) is 0 Å². The smallest absolute Gasteiger partial charge is 0.270 e. The molecule has 2 saturated heterocycles. The molecule has 1 aromatic heterocycles. The summed E-state index contributed by atoms with van der Waals surface area (Å²) in [5.41, 5.74) is 0.687. The number of aromatic amines is 1. The predicted molar refractivity (Wildman–Crippen MR) is 76.6 cm³/mol. The van der Waals surface area contributed by atoms with Gasteiger partial charge in [0.1, 0.15) is 5.69 Å². The number of rotatable bonds is 3. The van der Waals surface area contributed by atoms with Crippen molar-refractivity contribution >= 4 is 5.91 Å². The summed E-state index contributed by atoms with van der Waals surface area (Å²) in [6.45, 7) is 3.46. The highest BCUT2D eigenvalue weighted by atomic mass is 16.5. The minimum absolute atomic E-state index is 0.115. The Bertz CT molecular complexity index is 458. The molecule has 5 heteroatoms. The number of H-pyrrole nitrogens is 1. The zero-order valence-corrected chi connectivity index (χ0v) is 12.2. The topological polar surface area (TPSA) is 48.6 Å². The van der Waals surface area contributed by atoms with Crippen LogP contribution in [0.5, 0.6) is 0 Å². The number of carbonyl (C=O) groups is 1. The quantitative estimate of drug-likeness (QED) is 0.898. The Hall–Kier alpha value is -1.33. The fourth-order valence-corrected chi connectivity index (χ4v) is 3.40. The minimum Gasteiger partial charge on any atom is -0.376 e. The van der Waals surface area contributed by atoms with Crippen LogP contribution in [0.15, 0.2) is 18.3 Å². The van der Waals surface area contributed by atoms with E-state index in [2.05, 4.69) is 24.0 Å². The summed E-state index contributed by atoms with van der Waals surface area (Å²) < 4.78 is 5.94. The van der Waals surface area contributed by atoms with E-state index < -0.39 is 0 Å². The van der Waals surface area contributed by atoms with Crippen molar-refractivity contribution in [3.8, 4) is 0 Å². The molecular weight excluding hydrogens is 254 g/mol. The van der Waals surface area contributed by atoms with Gasteiger partial charge in [0, 0.05) is 31.7 Å². The maximum Gasteiger partial charge on any atom is 0.270 e. The summed E-state index contributed by atoms with van der Waals surface area (Å²) in [4.78, 5) is 19.6. The van der Waals surface area contributed by atoms with Gasteiger partial charge in [-0.3, -0.25) is 4.79 Å². The third-order valence-corrected chi connectivity index (χ3v) is 4.47. The Morgan fingerprint density at radius 1 is 1.55 bits per heavy atom. The number of nitrogens with zero attached hydrogens (tertiary/aromatic N) is 2. The monoisotopic (exact) mass is 277 g/mol.